The van der Waals surface area contributed by atoms with Gasteiger partial charge in [0.1, 0.15) is 10.6 Å². The van der Waals surface area contributed by atoms with Gasteiger partial charge in [0, 0.05) is 31.9 Å². The molecule has 1 atom stereocenters. The minimum Gasteiger partial charge on any atom is -0.360 e. The molecule has 0 radical (unpaired) electrons. The molecule has 0 aliphatic carbocycles. The highest BCUT2D eigenvalue weighted by Crippen LogP contribution is 2.24. The van der Waals surface area contributed by atoms with E-state index in [2.05, 4.69) is 10.5 Å². The van der Waals surface area contributed by atoms with Crippen molar-refractivity contribution in [1.29, 1.82) is 5.26 Å². The zero-order chi connectivity index (χ0) is 21.2. The summed E-state index contributed by atoms with van der Waals surface area (Å²) in [6.45, 7) is 6.40. The number of hydrogen-bond acceptors (Lipinski definition) is 7. The number of carbonyl (C=O) groups is 1. The Labute approximate surface area is 169 Å². The third kappa shape index (κ3) is 4.32. The standard InChI is InChI=1S/C19H23N5O4S/c1-13-18(15(3)28-22-13)29(26,27)24-10-8-23(9-11-24)14(2)19(25)21-17-6-4-16(12-20)5-7-17/h4-7,14H,8-11H2,1-3H3,(H,21,25)/t14-/m1/s1. The molecule has 0 unspecified atom stereocenters. The SMILES string of the molecule is Cc1noc(C)c1S(=O)(=O)N1CCN([C@H](C)C(=O)Nc2ccc(C#N)cc2)CC1. The average molecular weight is 417 g/mol. The van der Waals surface area contributed by atoms with Crippen LogP contribution >= 0.6 is 0 Å². The molecule has 0 spiro atoms. The summed E-state index contributed by atoms with van der Waals surface area (Å²) >= 11 is 0. The van der Waals surface area contributed by atoms with Gasteiger partial charge in [-0.05, 0) is 45.0 Å². The Hall–Kier alpha value is -2.74. The molecule has 1 aromatic heterocycles. The summed E-state index contributed by atoms with van der Waals surface area (Å²) in [7, 11) is -3.68. The van der Waals surface area contributed by atoms with Crippen molar-refractivity contribution < 1.29 is 17.7 Å². The minimum absolute atomic E-state index is 0.123. The first-order valence-electron chi connectivity index (χ1n) is 9.22. The van der Waals surface area contributed by atoms with Gasteiger partial charge in [0.05, 0.1) is 17.7 Å². The van der Waals surface area contributed by atoms with Crippen LogP contribution in [-0.4, -0.2) is 60.9 Å². The first-order chi connectivity index (χ1) is 13.7. The van der Waals surface area contributed by atoms with Crippen LogP contribution in [0.2, 0.25) is 0 Å². The summed E-state index contributed by atoms with van der Waals surface area (Å²) < 4.78 is 32.2. The second-order valence-corrected chi connectivity index (χ2v) is 8.82. The molecule has 3 rings (SSSR count). The quantitative estimate of drug-likeness (QED) is 0.783. The van der Waals surface area contributed by atoms with E-state index in [1.54, 1.807) is 45.0 Å². The van der Waals surface area contributed by atoms with Crippen molar-refractivity contribution in [3.8, 4) is 6.07 Å². The van der Waals surface area contributed by atoms with Crippen LogP contribution in [0.5, 0.6) is 0 Å². The molecule has 0 bridgehead atoms. The van der Waals surface area contributed by atoms with Crippen molar-refractivity contribution in [1.82, 2.24) is 14.4 Å². The smallest absolute Gasteiger partial charge is 0.248 e. The van der Waals surface area contributed by atoms with Gasteiger partial charge in [0.15, 0.2) is 5.76 Å². The number of nitrogens with one attached hydrogen (secondary N) is 1. The molecule has 1 saturated heterocycles. The normalized spacial score (nSPS) is 16.9. The molecule has 1 fully saturated rings. The lowest BCUT2D eigenvalue weighted by atomic mass is 10.2. The molecule has 2 aromatic rings. The van der Waals surface area contributed by atoms with Crippen LogP contribution in [0.4, 0.5) is 5.69 Å². The molecule has 1 amide bonds. The second-order valence-electron chi connectivity index (χ2n) is 6.95. The summed E-state index contributed by atoms with van der Waals surface area (Å²) in [4.78, 5) is 14.6. The Morgan fingerprint density at radius 1 is 1.21 bits per heavy atom. The van der Waals surface area contributed by atoms with E-state index in [9.17, 15) is 13.2 Å². The Morgan fingerprint density at radius 3 is 2.34 bits per heavy atom. The number of amides is 1. The molecule has 1 N–H and O–H groups in total. The van der Waals surface area contributed by atoms with E-state index in [1.807, 2.05) is 11.0 Å². The Morgan fingerprint density at radius 2 is 1.83 bits per heavy atom. The van der Waals surface area contributed by atoms with E-state index < -0.39 is 16.1 Å². The fourth-order valence-electron chi connectivity index (χ4n) is 3.34. The molecule has 154 valence electrons. The second kappa shape index (κ2) is 8.32. The molecule has 0 saturated carbocycles. The molecular weight excluding hydrogens is 394 g/mol. The first-order valence-corrected chi connectivity index (χ1v) is 10.7. The number of aryl methyl sites for hydroxylation is 2. The van der Waals surface area contributed by atoms with E-state index in [0.29, 0.717) is 30.0 Å². The highest BCUT2D eigenvalue weighted by atomic mass is 32.2. The molecule has 1 aromatic carbocycles. The van der Waals surface area contributed by atoms with Gasteiger partial charge < -0.3 is 9.84 Å². The third-order valence-corrected chi connectivity index (χ3v) is 7.19. The van der Waals surface area contributed by atoms with Crippen molar-refractivity contribution >= 4 is 21.6 Å². The summed E-state index contributed by atoms with van der Waals surface area (Å²) in [5.74, 6) is 0.0943. The van der Waals surface area contributed by atoms with Gasteiger partial charge in [0.25, 0.3) is 0 Å². The number of sulfonamides is 1. The number of carbonyl (C=O) groups excluding carboxylic acids is 1. The number of anilines is 1. The molecule has 1 aliphatic rings. The van der Waals surface area contributed by atoms with Crippen molar-refractivity contribution in [2.45, 2.75) is 31.7 Å². The first kappa shape index (κ1) is 21.0. The lowest BCUT2D eigenvalue weighted by molar-refractivity contribution is -0.121. The predicted octanol–water partition coefficient (Wildman–Crippen LogP) is 1.50. The van der Waals surface area contributed by atoms with E-state index in [1.165, 1.54) is 4.31 Å². The zero-order valence-corrected chi connectivity index (χ0v) is 17.4. The molecule has 2 heterocycles. The molecule has 9 nitrogen and oxygen atoms in total. The van der Waals surface area contributed by atoms with Gasteiger partial charge in [-0.2, -0.15) is 9.57 Å². The van der Waals surface area contributed by atoms with Crippen LogP contribution in [0.3, 0.4) is 0 Å². The summed E-state index contributed by atoms with van der Waals surface area (Å²) in [6.07, 6.45) is 0. The summed E-state index contributed by atoms with van der Waals surface area (Å²) in [6, 6.07) is 8.24. The zero-order valence-electron chi connectivity index (χ0n) is 16.5. The number of nitriles is 1. The maximum absolute atomic E-state index is 12.9. The maximum atomic E-state index is 12.9. The van der Waals surface area contributed by atoms with Crippen LogP contribution in [0.25, 0.3) is 0 Å². The Balaban J connectivity index is 1.61. The van der Waals surface area contributed by atoms with Crippen molar-refractivity contribution in [3.63, 3.8) is 0 Å². The topological polar surface area (TPSA) is 120 Å². The molecule has 1 aliphatic heterocycles. The van der Waals surface area contributed by atoms with Crippen LogP contribution in [0, 0.1) is 25.2 Å². The lowest BCUT2D eigenvalue weighted by Gasteiger charge is -2.36. The van der Waals surface area contributed by atoms with Gasteiger partial charge in [-0.15, -0.1) is 0 Å². The van der Waals surface area contributed by atoms with Gasteiger partial charge in [-0.3, -0.25) is 9.69 Å². The number of piperazine rings is 1. The summed E-state index contributed by atoms with van der Waals surface area (Å²) in [5, 5.41) is 15.4. The minimum atomic E-state index is -3.68. The third-order valence-electron chi connectivity index (χ3n) is 5.05. The highest BCUT2D eigenvalue weighted by molar-refractivity contribution is 7.89. The fraction of sp³-hybridized carbons (Fsp3) is 0.421. The average Bonchev–Trinajstić information content (AvgIpc) is 3.06. The van der Waals surface area contributed by atoms with Gasteiger partial charge in [-0.25, -0.2) is 8.42 Å². The number of rotatable bonds is 5. The largest absolute Gasteiger partial charge is 0.360 e. The van der Waals surface area contributed by atoms with E-state index >= 15 is 0 Å². The van der Waals surface area contributed by atoms with E-state index in [4.69, 9.17) is 9.78 Å². The number of benzene rings is 1. The van der Waals surface area contributed by atoms with Gasteiger partial charge in [0.2, 0.25) is 15.9 Å². The lowest BCUT2D eigenvalue weighted by Crippen LogP contribution is -2.54. The molecular formula is C19H23N5O4S. The Kier molecular flexibility index (Phi) is 6.02. The number of aromatic nitrogens is 1. The monoisotopic (exact) mass is 417 g/mol. The number of hydrogen-bond donors (Lipinski definition) is 1. The van der Waals surface area contributed by atoms with Crippen molar-refractivity contribution in [3.05, 3.63) is 41.3 Å². The van der Waals surface area contributed by atoms with Crippen LogP contribution < -0.4 is 5.32 Å². The molecule has 10 heteroatoms. The number of nitrogens with zero attached hydrogens (tertiary/aromatic N) is 4. The Bertz CT molecular complexity index is 1010. The van der Waals surface area contributed by atoms with Gasteiger partial charge in [-0.1, -0.05) is 5.16 Å². The summed E-state index contributed by atoms with van der Waals surface area (Å²) in [5.41, 5.74) is 1.48. The fourth-order valence-corrected chi connectivity index (χ4v) is 5.06. The molecule has 29 heavy (non-hydrogen) atoms. The van der Waals surface area contributed by atoms with Crippen LogP contribution in [0.15, 0.2) is 33.7 Å². The highest BCUT2D eigenvalue weighted by Gasteiger charge is 2.35. The van der Waals surface area contributed by atoms with Crippen molar-refractivity contribution in [2.24, 2.45) is 0 Å². The van der Waals surface area contributed by atoms with E-state index in [0.717, 1.165) is 0 Å². The van der Waals surface area contributed by atoms with Crippen LogP contribution in [-0.2, 0) is 14.8 Å². The van der Waals surface area contributed by atoms with Crippen molar-refractivity contribution in [2.75, 3.05) is 31.5 Å². The van der Waals surface area contributed by atoms with Crippen LogP contribution in [0.1, 0.15) is 23.9 Å². The predicted molar refractivity (Wildman–Crippen MR) is 106 cm³/mol. The van der Waals surface area contributed by atoms with E-state index in [-0.39, 0.29) is 29.7 Å². The van der Waals surface area contributed by atoms with Gasteiger partial charge >= 0.3 is 0 Å². The maximum Gasteiger partial charge on any atom is 0.248 e.